The summed E-state index contributed by atoms with van der Waals surface area (Å²) in [7, 11) is 1.44. The lowest BCUT2D eigenvalue weighted by Gasteiger charge is -1.96. The summed E-state index contributed by atoms with van der Waals surface area (Å²) in [6.07, 6.45) is 24.1. The van der Waals surface area contributed by atoms with E-state index in [0.29, 0.717) is 6.42 Å². The van der Waals surface area contributed by atoms with Crippen molar-refractivity contribution in [2.75, 3.05) is 7.11 Å². The van der Waals surface area contributed by atoms with Crippen molar-refractivity contribution in [2.45, 2.75) is 71.1 Å². The number of hydrogen-bond acceptors (Lipinski definition) is 2. The normalized spacial score (nSPS) is 11.9. The van der Waals surface area contributed by atoms with E-state index in [9.17, 15) is 4.79 Å². The fraction of sp³-hybridized carbons (Fsp3) is 0.632. The molecule has 0 unspecified atom stereocenters. The number of ether oxygens (including phenoxy) is 1. The Morgan fingerprint density at radius 3 is 2.33 bits per heavy atom. The maximum Gasteiger partial charge on any atom is 0.305 e. The smallest absolute Gasteiger partial charge is 0.305 e. The van der Waals surface area contributed by atoms with Gasteiger partial charge in [-0.15, -0.1) is 0 Å². The number of unbranched alkanes of at least 4 members (excludes halogenated alkanes) is 6. The molecule has 0 aromatic heterocycles. The van der Waals surface area contributed by atoms with E-state index in [1.807, 2.05) is 0 Å². The number of carbonyl (C=O) groups is 1. The zero-order valence-electron chi connectivity index (χ0n) is 13.9. The SMILES string of the molecule is CCCCCC/C=C/C=C\C/C=C\CCCCC(=O)OC. The van der Waals surface area contributed by atoms with Crippen LogP contribution >= 0.6 is 0 Å². The summed E-state index contributed by atoms with van der Waals surface area (Å²) in [4.78, 5) is 10.9. The Bertz CT molecular complexity index is 314. The summed E-state index contributed by atoms with van der Waals surface area (Å²) in [6.45, 7) is 2.24. The first-order valence-corrected chi connectivity index (χ1v) is 8.34. The maximum atomic E-state index is 10.9. The fourth-order valence-corrected chi connectivity index (χ4v) is 1.95. The van der Waals surface area contributed by atoms with Crippen LogP contribution in [0.1, 0.15) is 71.1 Å². The molecule has 0 aromatic rings. The highest BCUT2D eigenvalue weighted by Crippen LogP contribution is 2.04. The number of hydrogen-bond donors (Lipinski definition) is 0. The van der Waals surface area contributed by atoms with Crippen LogP contribution in [-0.4, -0.2) is 13.1 Å². The minimum absolute atomic E-state index is 0.108. The van der Waals surface area contributed by atoms with Crippen LogP contribution in [0.4, 0.5) is 0 Å². The molecule has 0 aliphatic heterocycles. The summed E-state index contributed by atoms with van der Waals surface area (Å²) >= 11 is 0. The zero-order chi connectivity index (χ0) is 15.6. The molecule has 2 nitrogen and oxygen atoms in total. The molecule has 0 atom stereocenters. The molecular weight excluding hydrogens is 260 g/mol. The molecule has 0 aromatic carbocycles. The quantitative estimate of drug-likeness (QED) is 0.187. The second-order valence-corrected chi connectivity index (χ2v) is 5.23. The Balaban J connectivity index is 3.35. The van der Waals surface area contributed by atoms with Crippen molar-refractivity contribution in [3.05, 3.63) is 36.5 Å². The predicted molar refractivity (Wildman–Crippen MR) is 91.3 cm³/mol. The van der Waals surface area contributed by atoms with E-state index in [1.165, 1.54) is 39.2 Å². The van der Waals surface area contributed by atoms with Gasteiger partial charge < -0.3 is 4.74 Å². The molecule has 0 radical (unpaired) electrons. The van der Waals surface area contributed by atoms with Crippen molar-refractivity contribution in [3.8, 4) is 0 Å². The van der Waals surface area contributed by atoms with E-state index in [4.69, 9.17) is 0 Å². The first kappa shape index (κ1) is 19.7. The van der Waals surface area contributed by atoms with Gasteiger partial charge in [-0.2, -0.15) is 0 Å². The standard InChI is InChI=1S/C19H32O2/c1-3-4-5-6-7-8-9-10-11-12-13-14-15-16-17-18-19(20)21-2/h8-11,13-14H,3-7,12,15-18H2,1-2H3/b9-8+,11-10-,14-13-. The highest BCUT2D eigenvalue weighted by atomic mass is 16.5. The number of carbonyl (C=O) groups excluding carboxylic acids is 1. The van der Waals surface area contributed by atoms with Crippen LogP contribution in [0.5, 0.6) is 0 Å². The van der Waals surface area contributed by atoms with Crippen LogP contribution in [0.3, 0.4) is 0 Å². The second-order valence-electron chi connectivity index (χ2n) is 5.23. The number of rotatable bonds is 13. The first-order valence-electron chi connectivity index (χ1n) is 8.34. The van der Waals surface area contributed by atoms with Gasteiger partial charge in [0.15, 0.2) is 0 Å². The third-order valence-corrected chi connectivity index (χ3v) is 3.28. The van der Waals surface area contributed by atoms with Crippen LogP contribution in [0.15, 0.2) is 36.5 Å². The van der Waals surface area contributed by atoms with Crippen molar-refractivity contribution in [1.82, 2.24) is 0 Å². The Hall–Kier alpha value is -1.31. The van der Waals surface area contributed by atoms with Gasteiger partial charge in [0.2, 0.25) is 0 Å². The van der Waals surface area contributed by atoms with Crippen molar-refractivity contribution in [1.29, 1.82) is 0 Å². The summed E-state index contributed by atoms with van der Waals surface area (Å²) in [6, 6.07) is 0. The minimum Gasteiger partial charge on any atom is -0.469 e. The molecule has 0 spiro atoms. The molecule has 0 amide bonds. The van der Waals surface area contributed by atoms with Crippen molar-refractivity contribution in [2.24, 2.45) is 0 Å². The van der Waals surface area contributed by atoms with Crippen LogP contribution in [0.2, 0.25) is 0 Å². The average Bonchev–Trinajstić information content (AvgIpc) is 2.50. The van der Waals surface area contributed by atoms with Crippen molar-refractivity contribution < 1.29 is 9.53 Å². The lowest BCUT2D eigenvalue weighted by molar-refractivity contribution is -0.140. The molecule has 0 aliphatic rings. The van der Waals surface area contributed by atoms with E-state index < -0.39 is 0 Å². The first-order chi connectivity index (χ1) is 10.3. The molecule has 2 heteroatoms. The zero-order valence-corrected chi connectivity index (χ0v) is 13.9. The number of allylic oxidation sites excluding steroid dienone is 6. The summed E-state index contributed by atoms with van der Waals surface area (Å²) in [5, 5.41) is 0. The Kier molecular flexibility index (Phi) is 15.7. The monoisotopic (exact) mass is 292 g/mol. The van der Waals surface area contributed by atoms with Crippen LogP contribution in [0, 0.1) is 0 Å². The van der Waals surface area contributed by atoms with Crippen LogP contribution < -0.4 is 0 Å². The molecule has 0 bridgehead atoms. The van der Waals surface area contributed by atoms with Gasteiger partial charge in [-0.3, -0.25) is 4.79 Å². The lowest BCUT2D eigenvalue weighted by Crippen LogP contribution is -1.98. The van der Waals surface area contributed by atoms with E-state index in [0.717, 1.165) is 25.7 Å². The summed E-state index contributed by atoms with van der Waals surface area (Å²) in [5.74, 6) is -0.108. The summed E-state index contributed by atoms with van der Waals surface area (Å²) in [5.41, 5.74) is 0. The second kappa shape index (κ2) is 16.7. The molecule has 0 rings (SSSR count). The predicted octanol–water partition coefficient (Wildman–Crippen LogP) is 5.75. The number of methoxy groups -OCH3 is 1. The Morgan fingerprint density at radius 2 is 1.57 bits per heavy atom. The number of esters is 1. The summed E-state index contributed by atoms with van der Waals surface area (Å²) < 4.78 is 4.60. The van der Waals surface area contributed by atoms with Crippen LogP contribution in [0.25, 0.3) is 0 Å². The Morgan fingerprint density at radius 1 is 0.857 bits per heavy atom. The van der Waals surface area contributed by atoms with Gasteiger partial charge in [-0.25, -0.2) is 0 Å². The Labute approximate surface area is 131 Å². The third-order valence-electron chi connectivity index (χ3n) is 3.28. The van der Waals surface area contributed by atoms with E-state index in [-0.39, 0.29) is 5.97 Å². The fourth-order valence-electron chi connectivity index (χ4n) is 1.95. The van der Waals surface area contributed by atoms with Crippen molar-refractivity contribution >= 4 is 5.97 Å². The van der Waals surface area contributed by atoms with E-state index in [1.54, 1.807) is 0 Å². The molecule has 0 saturated carbocycles. The average molecular weight is 292 g/mol. The van der Waals surface area contributed by atoms with Gasteiger partial charge in [0.05, 0.1) is 7.11 Å². The molecule has 0 N–H and O–H groups in total. The highest BCUT2D eigenvalue weighted by molar-refractivity contribution is 5.68. The highest BCUT2D eigenvalue weighted by Gasteiger charge is 1.97. The topological polar surface area (TPSA) is 26.3 Å². The van der Waals surface area contributed by atoms with Crippen molar-refractivity contribution in [3.63, 3.8) is 0 Å². The molecular formula is C19H32O2. The van der Waals surface area contributed by atoms with Crippen LogP contribution in [-0.2, 0) is 9.53 Å². The van der Waals surface area contributed by atoms with Gasteiger partial charge in [0.1, 0.15) is 0 Å². The van der Waals surface area contributed by atoms with Gasteiger partial charge in [0, 0.05) is 6.42 Å². The van der Waals surface area contributed by atoms with Gasteiger partial charge >= 0.3 is 5.97 Å². The third kappa shape index (κ3) is 16.6. The van der Waals surface area contributed by atoms with E-state index >= 15 is 0 Å². The molecule has 0 fully saturated rings. The minimum atomic E-state index is -0.108. The maximum absolute atomic E-state index is 10.9. The molecule has 120 valence electrons. The molecule has 0 saturated heterocycles. The lowest BCUT2D eigenvalue weighted by atomic mass is 10.1. The largest absolute Gasteiger partial charge is 0.469 e. The van der Waals surface area contributed by atoms with Gasteiger partial charge in [-0.05, 0) is 38.5 Å². The molecule has 0 aliphatic carbocycles. The van der Waals surface area contributed by atoms with E-state index in [2.05, 4.69) is 48.1 Å². The van der Waals surface area contributed by atoms with Gasteiger partial charge in [-0.1, -0.05) is 62.6 Å². The molecule has 21 heavy (non-hydrogen) atoms. The van der Waals surface area contributed by atoms with Gasteiger partial charge in [0.25, 0.3) is 0 Å². The molecule has 0 heterocycles.